The Bertz CT molecular complexity index is 633. The highest BCUT2D eigenvalue weighted by atomic mass is 32.1. The third kappa shape index (κ3) is 1.76. The maximum absolute atomic E-state index is 5.78. The van der Waals surface area contributed by atoms with Crippen LogP contribution in [0.4, 0.5) is 5.69 Å². The molecule has 2 N–H and O–H groups in total. The van der Waals surface area contributed by atoms with Crippen molar-refractivity contribution in [2.24, 2.45) is 0 Å². The molecule has 17 heavy (non-hydrogen) atoms. The fourth-order valence-electron chi connectivity index (χ4n) is 1.34. The van der Waals surface area contributed by atoms with E-state index in [1.54, 1.807) is 18.3 Å². The third-order valence-corrected chi connectivity index (χ3v) is 3.05. The van der Waals surface area contributed by atoms with Gasteiger partial charge in [-0.05, 0) is 17.5 Å². The molecule has 0 fully saturated rings. The Morgan fingerprint density at radius 3 is 2.94 bits per heavy atom. The van der Waals surface area contributed by atoms with Crippen LogP contribution in [0.3, 0.4) is 0 Å². The highest BCUT2D eigenvalue weighted by molar-refractivity contribution is 7.14. The molecule has 0 saturated heterocycles. The molecule has 0 unspecified atom stereocenters. The van der Waals surface area contributed by atoms with Crippen molar-refractivity contribution in [3.05, 3.63) is 30.0 Å². The molecule has 0 aliphatic rings. The topological polar surface area (TPSA) is 90.7 Å². The molecular weight excluding hydrogens is 238 g/mol. The maximum Gasteiger partial charge on any atom is 0.270 e. The first kappa shape index (κ1) is 9.91. The Morgan fingerprint density at radius 2 is 2.24 bits per heavy atom. The van der Waals surface area contributed by atoms with Crippen LogP contribution in [0.5, 0.6) is 0 Å². The first-order valence-electron chi connectivity index (χ1n) is 4.78. The number of rotatable bonds is 2. The van der Waals surface area contributed by atoms with Gasteiger partial charge in [-0.25, -0.2) is 9.97 Å². The lowest BCUT2D eigenvalue weighted by Crippen LogP contribution is -1.86. The van der Waals surface area contributed by atoms with Crippen LogP contribution >= 0.6 is 11.3 Å². The molecule has 6 nitrogen and oxygen atoms in total. The molecule has 3 rings (SSSR count). The summed E-state index contributed by atoms with van der Waals surface area (Å²) in [6.45, 7) is 0. The van der Waals surface area contributed by atoms with Crippen molar-refractivity contribution in [3.63, 3.8) is 0 Å². The molecule has 0 bridgehead atoms. The lowest BCUT2D eigenvalue weighted by atomic mass is 10.4. The minimum absolute atomic E-state index is 0.408. The molecular formula is C10H7N5OS. The number of hydrogen-bond acceptors (Lipinski definition) is 7. The molecule has 3 aromatic rings. The van der Waals surface area contributed by atoms with Gasteiger partial charge in [0, 0.05) is 6.20 Å². The summed E-state index contributed by atoms with van der Waals surface area (Å²) in [6.07, 6.45) is 3.06. The molecule has 0 radical (unpaired) electrons. The standard InChI is InChI=1S/C10H7N5OS/c11-6-2-4-17-8(6)10-14-9(15-16-10)7-1-3-12-5-13-7/h1-5H,11H2. The Balaban J connectivity index is 2.02. The van der Waals surface area contributed by atoms with Gasteiger partial charge >= 0.3 is 0 Å². The smallest absolute Gasteiger partial charge is 0.270 e. The van der Waals surface area contributed by atoms with Gasteiger partial charge in [0.25, 0.3) is 5.89 Å². The second-order valence-electron chi connectivity index (χ2n) is 3.22. The number of hydrogen-bond donors (Lipinski definition) is 1. The summed E-state index contributed by atoms with van der Waals surface area (Å²) >= 11 is 1.46. The van der Waals surface area contributed by atoms with E-state index in [0.717, 1.165) is 4.88 Å². The number of aromatic nitrogens is 4. The van der Waals surface area contributed by atoms with E-state index in [0.29, 0.717) is 23.1 Å². The van der Waals surface area contributed by atoms with Crippen LogP contribution < -0.4 is 5.73 Å². The molecule has 3 aromatic heterocycles. The zero-order chi connectivity index (χ0) is 11.7. The van der Waals surface area contributed by atoms with Gasteiger partial charge in [0.2, 0.25) is 5.82 Å². The second-order valence-corrected chi connectivity index (χ2v) is 4.14. The number of anilines is 1. The molecule has 84 valence electrons. The van der Waals surface area contributed by atoms with E-state index in [-0.39, 0.29) is 0 Å². The van der Waals surface area contributed by atoms with Crippen molar-refractivity contribution < 1.29 is 4.52 Å². The van der Waals surface area contributed by atoms with Crippen LogP contribution in [-0.2, 0) is 0 Å². The first-order chi connectivity index (χ1) is 8.34. The number of thiophene rings is 1. The summed E-state index contributed by atoms with van der Waals surface area (Å²) in [5, 5.41) is 5.73. The SMILES string of the molecule is Nc1ccsc1-c1nc(-c2ccncn2)no1. The Morgan fingerprint density at radius 1 is 1.29 bits per heavy atom. The molecule has 0 aromatic carbocycles. The Kier molecular flexibility index (Phi) is 2.30. The normalized spacial score (nSPS) is 10.6. The van der Waals surface area contributed by atoms with E-state index in [4.69, 9.17) is 10.3 Å². The fourth-order valence-corrected chi connectivity index (χ4v) is 2.07. The van der Waals surface area contributed by atoms with Crippen molar-refractivity contribution >= 4 is 17.0 Å². The van der Waals surface area contributed by atoms with Gasteiger partial charge in [0.15, 0.2) is 0 Å². The van der Waals surface area contributed by atoms with E-state index in [1.807, 2.05) is 5.38 Å². The molecule has 0 atom stereocenters. The van der Waals surface area contributed by atoms with Gasteiger partial charge in [-0.15, -0.1) is 11.3 Å². The number of nitrogen functional groups attached to an aromatic ring is 1. The van der Waals surface area contributed by atoms with Gasteiger partial charge in [0.1, 0.15) is 16.9 Å². The van der Waals surface area contributed by atoms with E-state index >= 15 is 0 Å². The van der Waals surface area contributed by atoms with Crippen LogP contribution in [0.2, 0.25) is 0 Å². The maximum atomic E-state index is 5.78. The molecule has 0 aliphatic carbocycles. The lowest BCUT2D eigenvalue weighted by Gasteiger charge is -1.90. The van der Waals surface area contributed by atoms with Crippen LogP contribution in [0.1, 0.15) is 0 Å². The van der Waals surface area contributed by atoms with Crippen molar-refractivity contribution in [2.45, 2.75) is 0 Å². The summed E-state index contributed by atoms with van der Waals surface area (Å²) < 4.78 is 5.15. The molecule has 3 heterocycles. The highest BCUT2D eigenvalue weighted by Gasteiger charge is 2.14. The highest BCUT2D eigenvalue weighted by Crippen LogP contribution is 2.30. The summed E-state index contributed by atoms with van der Waals surface area (Å²) in [4.78, 5) is 12.9. The number of nitrogens with two attached hydrogens (primary N) is 1. The number of nitrogens with zero attached hydrogens (tertiary/aromatic N) is 4. The van der Waals surface area contributed by atoms with E-state index < -0.39 is 0 Å². The van der Waals surface area contributed by atoms with Crippen molar-refractivity contribution in [2.75, 3.05) is 5.73 Å². The third-order valence-electron chi connectivity index (χ3n) is 2.13. The van der Waals surface area contributed by atoms with E-state index in [9.17, 15) is 0 Å². The Hall–Kier alpha value is -2.28. The van der Waals surface area contributed by atoms with Gasteiger partial charge in [-0.3, -0.25) is 0 Å². The molecule has 0 aliphatic heterocycles. The van der Waals surface area contributed by atoms with Crippen LogP contribution in [0.15, 0.2) is 34.6 Å². The average molecular weight is 245 g/mol. The van der Waals surface area contributed by atoms with Crippen molar-refractivity contribution in [1.82, 2.24) is 20.1 Å². The van der Waals surface area contributed by atoms with Crippen molar-refractivity contribution in [1.29, 1.82) is 0 Å². The molecule has 0 amide bonds. The van der Waals surface area contributed by atoms with Crippen molar-refractivity contribution in [3.8, 4) is 22.3 Å². The van der Waals surface area contributed by atoms with Gasteiger partial charge in [-0.1, -0.05) is 5.16 Å². The zero-order valence-corrected chi connectivity index (χ0v) is 9.39. The second kappa shape index (κ2) is 3.95. The fraction of sp³-hybridized carbons (Fsp3) is 0. The largest absolute Gasteiger partial charge is 0.397 e. The van der Waals surface area contributed by atoms with Gasteiger partial charge in [-0.2, -0.15) is 4.98 Å². The van der Waals surface area contributed by atoms with Crippen LogP contribution in [0, 0.1) is 0 Å². The predicted molar refractivity (Wildman–Crippen MR) is 63.0 cm³/mol. The Labute approximate surface area is 100 Å². The average Bonchev–Trinajstić information content (AvgIpc) is 2.98. The van der Waals surface area contributed by atoms with Crippen LogP contribution in [0.25, 0.3) is 22.3 Å². The van der Waals surface area contributed by atoms with Gasteiger partial charge in [0.05, 0.1) is 5.69 Å². The monoisotopic (exact) mass is 245 g/mol. The summed E-state index contributed by atoms with van der Waals surface area (Å²) in [5.41, 5.74) is 7.03. The van der Waals surface area contributed by atoms with Gasteiger partial charge < -0.3 is 10.3 Å². The quantitative estimate of drug-likeness (QED) is 0.740. The lowest BCUT2D eigenvalue weighted by molar-refractivity contribution is 0.433. The van der Waals surface area contributed by atoms with E-state index in [2.05, 4.69) is 20.1 Å². The van der Waals surface area contributed by atoms with E-state index in [1.165, 1.54) is 17.7 Å². The molecule has 0 saturated carbocycles. The summed E-state index contributed by atoms with van der Waals surface area (Å²) in [6, 6.07) is 3.51. The first-order valence-corrected chi connectivity index (χ1v) is 5.66. The van der Waals surface area contributed by atoms with Crippen LogP contribution in [-0.4, -0.2) is 20.1 Å². The predicted octanol–water partition coefficient (Wildman–Crippen LogP) is 1.84. The molecule has 7 heteroatoms. The minimum atomic E-state index is 0.408. The molecule has 0 spiro atoms. The zero-order valence-electron chi connectivity index (χ0n) is 8.57. The summed E-state index contributed by atoms with van der Waals surface area (Å²) in [7, 11) is 0. The minimum Gasteiger partial charge on any atom is -0.397 e. The summed E-state index contributed by atoms with van der Waals surface area (Å²) in [5.74, 6) is 0.835.